The van der Waals surface area contributed by atoms with Crippen LogP contribution >= 0.6 is 11.6 Å². The molecule has 0 aromatic heterocycles. The van der Waals surface area contributed by atoms with Gasteiger partial charge in [0, 0.05) is 0 Å². The average molecular weight is 429 g/mol. The molecule has 2 atom stereocenters. The van der Waals surface area contributed by atoms with Gasteiger partial charge < -0.3 is 5.73 Å². The quantitative estimate of drug-likeness (QED) is 0.429. The van der Waals surface area contributed by atoms with Crippen molar-refractivity contribution >= 4 is 21.6 Å². The Morgan fingerprint density at radius 2 is 1.41 bits per heavy atom. The summed E-state index contributed by atoms with van der Waals surface area (Å²) in [4.78, 5) is 0. The summed E-state index contributed by atoms with van der Waals surface area (Å²) in [5, 5.41) is -0.807. The normalized spacial score (nSPS) is 14.9. The van der Waals surface area contributed by atoms with E-state index in [4.69, 9.17) is 17.3 Å². The molecule has 3 rings (SSSR count). The van der Waals surface area contributed by atoms with Gasteiger partial charge in [-0.3, -0.25) is 0 Å². The van der Waals surface area contributed by atoms with Gasteiger partial charge in [0.25, 0.3) is 0 Å². The fourth-order valence-electron chi connectivity index (χ4n) is 3.42. The molecule has 0 heterocycles. The van der Waals surface area contributed by atoms with Gasteiger partial charge in [0.2, 0.25) is 10.0 Å². The number of hydrogen-bond donors (Lipinski definition) is 2. The van der Waals surface area contributed by atoms with E-state index < -0.39 is 21.1 Å². The summed E-state index contributed by atoms with van der Waals surface area (Å²) in [6.45, 7) is 3.80. The molecular weight excluding hydrogens is 404 g/mol. The summed E-state index contributed by atoms with van der Waals surface area (Å²) >= 11 is 6.77. The second-order valence-corrected chi connectivity index (χ2v) is 9.40. The molecule has 0 spiro atoms. The maximum atomic E-state index is 13.2. The lowest BCUT2D eigenvalue weighted by atomic mass is 9.93. The lowest BCUT2D eigenvalue weighted by Crippen LogP contribution is -2.56. The summed E-state index contributed by atoms with van der Waals surface area (Å²) < 4.78 is 29.1. The number of sulfonamides is 1. The van der Waals surface area contributed by atoms with Crippen LogP contribution in [0.2, 0.25) is 0 Å². The number of benzene rings is 3. The molecule has 29 heavy (non-hydrogen) atoms. The number of nitrogens with two attached hydrogens (primary N) is 1. The first-order valence-corrected chi connectivity index (χ1v) is 11.4. The Labute approximate surface area is 177 Å². The first-order chi connectivity index (χ1) is 13.7. The molecule has 0 aliphatic carbocycles. The Balaban J connectivity index is 2.01. The molecule has 0 unspecified atom stereocenters. The number of nitrogens with one attached hydrogen (secondary N) is 1. The van der Waals surface area contributed by atoms with Crippen LogP contribution in [0.5, 0.6) is 0 Å². The van der Waals surface area contributed by atoms with E-state index in [0.29, 0.717) is 5.56 Å². The third-order valence-electron chi connectivity index (χ3n) is 5.05. The van der Waals surface area contributed by atoms with Crippen LogP contribution < -0.4 is 10.5 Å². The molecule has 6 heteroatoms. The second kappa shape index (κ2) is 8.67. The smallest absolute Gasteiger partial charge is 0.217 e. The Hall–Kier alpha value is -2.18. The standard InChI is InChI=1S/C23H25ClN2O2S/c1-17-10-9-11-18(2)21(17)16-29(27,28)26-23(25,20-14-7-4-8-15-20)22(24)19-12-5-3-6-13-19/h3-15,22,26H,16,25H2,1-2H3/t22-,23-/m1/s1. The van der Waals surface area contributed by atoms with Gasteiger partial charge in [-0.05, 0) is 41.7 Å². The van der Waals surface area contributed by atoms with Gasteiger partial charge in [-0.15, -0.1) is 11.6 Å². The molecule has 0 saturated carbocycles. The van der Waals surface area contributed by atoms with E-state index in [2.05, 4.69) is 4.72 Å². The van der Waals surface area contributed by atoms with E-state index in [1.165, 1.54) is 0 Å². The molecule has 3 aromatic carbocycles. The predicted molar refractivity (Wildman–Crippen MR) is 119 cm³/mol. The van der Waals surface area contributed by atoms with Crippen molar-refractivity contribution in [3.05, 3.63) is 107 Å². The molecule has 0 aliphatic heterocycles. The van der Waals surface area contributed by atoms with E-state index in [0.717, 1.165) is 22.3 Å². The van der Waals surface area contributed by atoms with Gasteiger partial charge >= 0.3 is 0 Å². The van der Waals surface area contributed by atoms with Gasteiger partial charge in [0.05, 0.1) is 11.1 Å². The monoisotopic (exact) mass is 428 g/mol. The van der Waals surface area contributed by atoms with Crippen molar-refractivity contribution in [2.75, 3.05) is 0 Å². The number of rotatable bonds is 7. The lowest BCUT2D eigenvalue weighted by molar-refractivity contribution is 0.391. The van der Waals surface area contributed by atoms with E-state index in [9.17, 15) is 8.42 Å². The van der Waals surface area contributed by atoms with E-state index in [1.807, 2.05) is 80.6 Å². The lowest BCUT2D eigenvalue weighted by Gasteiger charge is -2.35. The van der Waals surface area contributed by atoms with Crippen LogP contribution in [0.4, 0.5) is 0 Å². The number of aryl methyl sites for hydroxylation is 2. The van der Waals surface area contributed by atoms with Crippen molar-refractivity contribution < 1.29 is 8.42 Å². The van der Waals surface area contributed by atoms with Crippen molar-refractivity contribution in [3.8, 4) is 0 Å². The van der Waals surface area contributed by atoms with Crippen molar-refractivity contribution in [1.82, 2.24) is 4.72 Å². The van der Waals surface area contributed by atoms with Gasteiger partial charge in [-0.1, -0.05) is 78.9 Å². The zero-order valence-electron chi connectivity index (χ0n) is 16.5. The first kappa shape index (κ1) is 21.5. The van der Waals surface area contributed by atoms with Gasteiger partial charge in [-0.2, -0.15) is 4.72 Å². The van der Waals surface area contributed by atoms with E-state index in [-0.39, 0.29) is 5.75 Å². The molecular formula is C23H25ClN2O2S. The highest BCUT2D eigenvalue weighted by Gasteiger charge is 2.40. The van der Waals surface area contributed by atoms with Crippen molar-refractivity contribution in [2.24, 2.45) is 5.73 Å². The number of alkyl halides is 1. The minimum Gasteiger partial charge on any atom is -0.307 e. The third-order valence-corrected chi connectivity index (χ3v) is 6.96. The van der Waals surface area contributed by atoms with Gasteiger partial charge in [0.15, 0.2) is 0 Å². The van der Waals surface area contributed by atoms with E-state index >= 15 is 0 Å². The second-order valence-electron chi connectivity index (χ2n) is 7.24. The SMILES string of the molecule is Cc1cccc(C)c1CS(=O)(=O)N[C@](N)(c1ccccc1)[C@H](Cl)c1ccccc1. The maximum Gasteiger partial charge on any atom is 0.217 e. The van der Waals surface area contributed by atoms with Crippen LogP contribution in [0.25, 0.3) is 0 Å². The average Bonchev–Trinajstić information content (AvgIpc) is 2.71. The Morgan fingerprint density at radius 3 is 1.97 bits per heavy atom. The van der Waals surface area contributed by atoms with Crippen LogP contribution in [-0.4, -0.2) is 8.42 Å². The van der Waals surface area contributed by atoms with Gasteiger partial charge in [-0.25, -0.2) is 8.42 Å². The molecule has 0 saturated heterocycles. The van der Waals surface area contributed by atoms with Crippen LogP contribution in [0, 0.1) is 13.8 Å². The fraction of sp³-hybridized carbons (Fsp3) is 0.217. The molecule has 0 bridgehead atoms. The van der Waals surface area contributed by atoms with Crippen LogP contribution in [0.15, 0.2) is 78.9 Å². The summed E-state index contributed by atoms with van der Waals surface area (Å²) in [6.07, 6.45) is 0. The van der Waals surface area contributed by atoms with Crippen LogP contribution in [0.3, 0.4) is 0 Å². The van der Waals surface area contributed by atoms with Crippen LogP contribution in [-0.2, 0) is 21.4 Å². The number of hydrogen-bond acceptors (Lipinski definition) is 3. The fourth-order valence-corrected chi connectivity index (χ4v) is 5.46. The molecule has 3 aromatic rings. The minimum atomic E-state index is -3.80. The van der Waals surface area contributed by atoms with Crippen LogP contribution in [0.1, 0.15) is 33.2 Å². The largest absolute Gasteiger partial charge is 0.307 e. The number of halogens is 1. The summed E-state index contributed by atoms with van der Waals surface area (Å²) in [7, 11) is -3.80. The van der Waals surface area contributed by atoms with Crippen molar-refractivity contribution in [2.45, 2.75) is 30.6 Å². The molecule has 0 fully saturated rings. The summed E-state index contributed by atoms with van der Waals surface area (Å²) in [6, 6.07) is 24.0. The highest BCUT2D eigenvalue weighted by Crippen LogP contribution is 2.37. The zero-order valence-corrected chi connectivity index (χ0v) is 18.0. The van der Waals surface area contributed by atoms with Crippen molar-refractivity contribution in [3.63, 3.8) is 0 Å². The first-order valence-electron chi connectivity index (χ1n) is 9.33. The predicted octanol–water partition coefficient (Wildman–Crippen LogP) is 4.51. The molecule has 0 aliphatic rings. The molecule has 0 amide bonds. The topological polar surface area (TPSA) is 72.2 Å². The summed E-state index contributed by atoms with van der Waals surface area (Å²) in [5.41, 5.74) is 9.10. The molecule has 3 N–H and O–H groups in total. The van der Waals surface area contributed by atoms with E-state index in [1.54, 1.807) is 12.1 Å². The van der Waals surface area contributed by atoms with Gasteiger partial charge in [0.1, 0.15) is 5.66 Å². The van der Waals surface area contributed by atoms with Crippen molar-refractivity contribution in [1.29, 1.82) is 0 Å². The minimum absolute atomic E-state index is 0.171. The Bertz CT molecular complexity index is 1050. The highest BCUT2D eigenvalue weighted by molar-refractivity contribution is 7.88. The molecule has 152 valence electrons. The molecule has 4 nitrogen and oxygen atoms in total. The zero-order chi connectivity index (χ0) is 21.1. The Kier molecular flexibility index (Phi) is 6.44. The molecule has 0 radical (unpaired) electrons. The third kappa shape index (κ3) is 4.87. The highest BCUT2D eigenvalue weighted by atomic mass is 35.5. The maximum absolute atomic E-state index is 13.2. The summed E-state index contributed by atoms with van der Waals surface area (Å²) in [5.74, 6) is -0.171. The Morgan fingerprint density at radius 1 is 0.897 bits per heavy atom.